The third kappa shape index (κ3) is 4.86. The second-order valence-corrected chi connectivity index (χ2v) is 7.57. The zero-order valence-electron chi connectivity index (χ0n) is 12.1. The summed E-state index contributed by atoms with van der Waals surface area (Å²) in [6.45, 7) is 3.44. The summed E-state index contributed by atoms with van der Waals surface area (Å²) in [4.78, 5) is 16.3. The third-order valence-corrected chi connectivity index (χ3v) is 5.21. The lowest BCUT2D eigenvalue weighted by molar-refractivity contribution is -0.137. The number of nitrogens with one attached hydrogen (secondary N) is 1. The van der Waals surface area contributed by atoms with Crippen molar-refractivity contribution in [3.05, 3.63) is 39.9 Å². The summed E-state index contributed by atoms with van der Waals surface area (Å²) in [6, 6.07) is 3.24. The first-order valence-electron chi connectivity index (χ1n) is 6.43. The summed E-state index contributed by atoms with van der Waals surface area (Å²) in [5, 5.41) is 3.52. The highest BCUT2D eigenvalue weighted by atomic mass is 35.5. The number of thiazole rings is 1. The van der Waals surface area contributed by atoms with Gasteiger partial charge in [0.15, 0.2) is 4.34 Å². The van der Waals surface area contributed by atoms with Crippen LogP contribution in [0.5, 0.6) is 0 Å². The van der Waals surface area contributed by atoms with Crippen molar-refractivity contribution in [3.8, 4) is 0 Å². The van der Waals surface area contributed by atoms with Crippen LogP contribution in [0.2, 0.25) is 5.02 Å². The molecule has 1 heterocycles. The molecule has 0 spiro atoms. The SMILES string of the molecule is Cc1csc(S[C@@H](C)C(=O)Nc2ccc(Cl)cc2C(F)(F)F)n1. The van der Waals surface area contributed by atoms with Gasteiger partial charge in [0, 0.05) is 16.1 Å². The second-order valence-electron chi connectivity index (χ2n) is 4.69. The van der Waals surface area contributed by atoms with Gasteiger partial charge in [-0.3, -0.25) is 4.79 Å². The third-order valence-electron chi connectivity index (χ3n) is 2.79. The van der Waals surface area contributed by atoms with Crippen molar-refractivity contribution >= 4 is 46.3 Å². The number of nitrogens with zero attached hydrogens (tertiary/aromatic N) is 1. The fraction of sp³-hybridized carbons (Fsp3) is 0.286. The number of rotatable bonds is 4. The molecule has 1 aromatic heterocycles. The minimum atomic E-state index is -4.60. The lowest BCUT2D eigenvalue weighted by atomic mass is 10.1. The Kier molecular flexibility index (Phi) is 5.59. The fourth-order valence-corrected chi connectivity index (χ4v) is 3.84. The van der Waals surface area contributed by atoms with Gasteiger partial charge in [-0.25, -0.2) is 4.98 Å². The number of aryl methyl sites for hydroxylation is 1. The van der Waals surface area contributed by atoms with Crippen LogP contribution in [0, 0.1) is 6.92 Å². The average molecular weight is 381 g/mol. The van der Waals surface area contributed by atoms with E-state index >= 15 is 0 Å². The van der Waals surface area contributed by atoms with E-state index in [1.807, 2.05) is 12.3 Å². The topological polar surface area (TPSA) is 42.0 Å². The highest BCUT2D eigenvalue weighted by Gasteiger charge is 2.34. The number of alkyl halides is 3. The van der Waals surface area contributed by atoms with Crippen molar-refractivity contribution in [2.45, 2.75) is 29.6 Å². The van der Waals surface area contributed by atoms with Gasteiger partial charge in [-0.05, 0) is 32.0 Å². The molecule has 2 rings (SSSR count). The van der Waals surface area contributed by atoms with E-state index in [4.69, 9.17) is 11.6 Å². The maximum absolute atomic E-state index is 13.0. The molecule has 9 heteroatoms. The highest BCUT2D eigenvalue weighted by Crippen LogP contribution is 2.37. The zero-order chi connectivity index (χ0) is 17.2. The molecule has 23 heavy (non-hydrogen) atoms. The van der Waals surface area contributed by atoms with E-state index in [0.717, 1.165) is 17.8 Å². The number of thioether (sulfide) groups is 1. The van der Waals surface area contributed by atoms with Gasteiger partial charge in [-0.2, -0.15) is 13.2 Å². The van der Waals surface area contributed by atoms with Crippen molar-refractivity contribution in [3.63, 3.8) is 0 Å². The Morgan fingerprint density at radius 3 is 2.70 bits per heavy atom. The van der Waals surface area contributed by atoms with Crippen LogP contribution in [0.25, 0.3) is 0 Å². The molecule has 2 aromatic rings. The Labute approximate surface area is 144 Å². The molecule has 1 amide bonds. The molecule has 0 aliphatic heterocycles. The summed E-state index contributed by atoms with van der Waals surface area (Å²) in [5.41, 5.74) is -0.447. The Morgan fingerprint density at radius 1 is 1.43 bits per heavy atom. The van der Waals surface area contributed by atoms with E-state index in [1.54, 1.807) is 6.92 Å². The average Bonchev–Trinajstić information content (AvgIpc) is 2.84. The lowest BCUT2D eigenvalue weighted by Crippen LogP contribution is -2.24. The zero-order valence-corrected chi connectivity index (χ0v) is 14.5. The number of hydrogen-bond donors (Lipinski definition) is 1. The minimum Gasteiger partial charge on any atom is -0.325 e. The molecule has 1 aromatic carbocycles. The largest absolute Gasteiger partial charge is 0.418 e. The number of carbonyl (C=O) groups excluding carboxylic acids is 1. The van der Waals surface area contributed by atoms with Gasteiger partial charge in [0.2, 0.25) is 5.91 Å². The molecule has 3 nitrogen and oxygen atoms in total. The summed E-state index contributed by atoms with van der Waals surface area (Å²) in [7, 11) is 0. The first-order chi connectivity index (χ1) is 10.7. The number of carbonyl (C=O) groups is 1. The standard InChI is InChI=1S/C14H12ClF3N2OS2/c1-7-6-22-13(19-7)23-8(2)12(21)20-11-4-3-9(15)5-10(11)14(16,17)18/h3-6,8H,1-2H3,(H,20,21)/t8-/m0/s1. The number of anilines is 1. The van der Waals surface area contributed by atoms with Crippen molar-refractivity contribution in [1.82, 2.24) is 4.98 Å². The molecule has 124 valence electrons. The molecule has 1 N–H and O–H groups in total. The van der Waals surface area contributed by atoms with Gasteiger partial charge in [-0.1, -0.05) is 23.4 Å². The lowest BCUT2D eigenvalue weighted by Gasteiger charge is -2.16. The quantitative estimate of drug-likeness (QED) is 0.737. The van der Waals surface area contributed by atoms with E-state index in [-0.39, 0.29) is 10.7 Å². The Morgan fingerprint density at radius 2 is 2.13 bits per heavy atom. The first-order valence-corrected chi connectivity index (χ1v) is 8.57. The van der Waals surface area contributed by atoms with Crippen LogP contribution in [-0.4, -0.2) is 16.1 Å². The first kappa shape index (κ1) is 18.1. The van der Waals surface area contributed by atoms with Gasteiger partial charge in [-0.15, -0.1) is 11.3 Å². The summed E-state index contributed by atoms with van der Waals surface area (Å²) in [5.74, 6) is -0.532. The van der Waals surface area contributed by atoms with Gasteiger partial charge in [0.1, 0.15) is 0 Å². The molecule has 0 fully saturated rings. The Bertz CT molecular complexity index is 718. The summed E-state index contributed by atoms with van der Waals surface area (Å²) < 4.78 is 39.7. The van der Waals surface area contributed by atoms with Crippen LogP contribution < -0.4 is 5.32 Å². The smallest absolute Gasteiger partial charge is 0.325 e. The van der Waals surface area contributed by atoms with Crippen LogP contribution in [0.4, 0.5) is 18.9 Å². The number of amides is 1. The van der Waals surface area contributed by atoms with Crippen molar-refractivity contribution < 1.29 is 18.0 Å². The van der Waals surface area contributed by atoms with Crippen LogP contribution in [0.15, 0.2) is 27.9 Å². The molecule has 0 aliphatic carbocycles. The van der Waals surface area contributed by atoms with Gasteiger partial charge in [0.25, 0.3) is 0 Å². The molecule has 0 saturated carbocycles. The van der Waals surface area contributed by atoms with Crippen LogP contribution in [0.1, 0.15) is 18.2 Å². The molecular weight excluding hydrogens is 369 g/mol. The molecule has 0 unspecified atom stereocenters. The van der Waals surface area contributed by atoms with Crippen molar-refractivity contribution in [1.29, 1.82) is 0 Å². The molecule has 0 aliphatic rings. The van der Waals surface area contributed by atoms with E-state index in [0.29, 0.717) is 4.34 Å². The van der Waals surface area contributed by atoms with Crippen LogP contribution in [-0.2, 0) is 11.0 Å². The van der Waals surface area contributed by atoms with Gasteiger partial charge >= 0.3 is 6.18 Å². The van der Waals surface area contributed by atoms with E-state index in [9.17, 15) is 18.0 Å². The molecule has 0 radical (unpaired) electrons. The van der Waals surface area contributed by atoms with E-state index < -0.39 is 22.9 Å². The molecule has 0 bridgehead atoms. The second kappa shape index (κ2) is 7.11. The Hall–Kier alpha value is -1.25. The normalized spacial score (nSPS) is 13.0. The van der Waals surface area contributed by atoms with Crippen molar-refractivity contribution in [2.24, 2.45) is 0 Å². The number of hydrogen-bond acceptors (Lipinski definition) is 4. The fourth-order valence-electron chi connectivity index (χ4n) is 1.69. The summed E-state index contributed by atoms with van der Waals surface area (Å²) >= 11 is 8.19. The molecule has 0 saturated heterocycles. The van der Waals surface area contributed by atoms with Crippen molar-refractivity contribution in [2.75, 3.05) is 5.32 Å². The van der Waals surface area contributed by atoms with Crippen LogP contribution in [0.3, 0.4) is 0 Å². The Balaban J connectivity index is 2.13. The predicted molar refractivity (Wildman–Crippen MR) is 87.3 cm³/mol. The van der Waals surface area contributed by atoms with Gasteiger partial charge in [0.05, 0.1) is 16.5 Å². The number of aromatic nitrogens is 1. The number of halogens is 4. The van der Waals surface area contributed by atoms with Gasteiger partial charge < -0.3 is 5.32 Å². The summed E-state index contributed by atoms with van der Waals surface area (Å²) in [6.07, 6.45) is -4.60. The predicted octanol–water partition coefficient (Wildman–Crippen LogP) is 5.24. The maximum Gasteiger partial charge on any atom is 0.418 e. The highest BCUT2D eigenvalue weighted by molar-refractivity contribution is 8.02. The number of benzene rings is 1. The molecule has 1 atom stereocenters. The molecular formula is C14H12ClF3N2OS2. The van der Waals surface area contributed by atoms with E-state index in [2.05, 4.69) is 10.3 Å². The van der Waals surface area contributed by atoms with Crippen LogP contribution >= 0.6 is 34.7 Å². The monoisotopic (exact) mass is 380 g/mol. The minimum absolute atomic E-state index is 0.0454. The van der Waals surface area contributed by atoms with E-state index in [1.165, 1.54) is 29.2 Å². The maximum atomic E-state index is 13.0.